The van der Waals surface area contributed by atoms with E-state index in [1.54, 1.807) is 24.7 Å². The van der Waals surface area contributed by atoms with Gasteiger partial charge in [0.25, 0.3) is 0 Å². The van der Waals surface area contributed by atoms with Crippen LogP contribution in [0, 0.1) is 13.8 Å². The predicted octanol–water partition coefficient (Wildman–Crippen LogP) is 4.24. The Labute approximate surface area is 159 Å². The van der Waals surface area contributed by atoms with Gasteiger partial charge in [0, 0.05) is 12.4 Å². The van der Waals surface area contributed by atoms with Crippen molar-refractivity contribution in [1.29, 1.82) is 0 Å². The molecule has 0 amide bonds. The van der Waals surface area contributed by atoms with Gasteiger partial charge in [0.1, 0.15) is 6.10 Å². The van der Waals surface area contributed by atoms with E-state index < -0.39 is 0 Å². The highest BCUT2D eigenvalue weighted by Gasteiger charge is 2.16. The number of carbonyl (C=O) groups excluding carboxylic acids is 1. The molecule has 0 N–H and O–H groups in total. The number of rotatable bonds is 7. The van der Waals surface area contributed by atoms with Gasteiger partial charge in [-0.15, -0.1) is 0 Å². The molecule has 140 valence electrons. The lowest BCUT2D eigenvalue weighted by Crippen LogP contribution is -2.13. The van der Waals surface area contributed by atoms with Gasteiger partial charge >= 0.3 is 5.97 Å². The summed E-state index contributed by atoms with van der Waals surface area (Å²) in [4.78, 5) is 15.7. The monoisotopic (exact) mass is 364 g/mol. The molecule has 0 bridgehead atoms. The highest BCUT2D eigenvalue weighted by molar-refractivity contribution is 5.89. The average molecular weight is 364 g/mol. The van der Waals surface area contributed by atoms with E-state index in [4.69, 9.17) is 9.47 Å². The van der Waals surface area contributed by atoms with E-state index in [2.05, 4.69) is 37.0 Å². The number of imidazole rings is 1. The van der Waals surface area contributed by atoms with Crippen molar-refractivity contribution in [2.24, 2.45) is 0 Å². The lowest BCUT2D eigenvalue weighted by molar-refractivity contribution is 0.0275. The zero-order valence-electron chi connectivity index (χ0n) is 15.9. The Balaban J connectivity index is 1.77. The number of aryl methyl sites for hydroxylation is 2. The summed E-state index contributed by atoms with van der Waals surface area (Å²) in [7, 11) is 1.38. The molecular formula is C22H24N2O3. The minimum atomic E-state index is -0.337. The summed E-state index contributed by atoms with van der Waals surface area (Å²) in [6.45, 7) is 5.33. The fourth-order valence-corrected chi connectivity index (χ4v) is 2.99. The molecule has 5 heteroatoms. The summed E-state index contributed by atoms with van der Waals surface area (Å²) in [5.41, 5.74) is 5.12. The first-order valence-electron chi connectivity index (χ1n) is 8.88. The number of nitrogens with zero attached hydrogens (tertiary/aromatic N) is 2. The molecule has 0 aliphatic heterocycles. The Kier molecular flexibility index (Phi) is 6.04. The lowest BCUT2D eigenvalue weighted by atomic mass is 10.0. The van der Waals surface area contributed by atoms with Crippen LogP contribution in [0.15, 0.2) is 61.2 Å². The van der Waals surface area contributed by atoms with Crippen molar-refractivity contribution in [3.8, 4) is 0 Å². The summed E-state index contributed by atoms with van der Waals surface area (Å²) in [5, 5.41) is 0. The van der Waals surface area contributed by atoms with E-state index in [1.807, 2.05) is 22.9 Å². The number of methoxy groups -OCH3 is 1. The van der Waals surface area contributed by atoms with Gasteiger partial charge < -0.3 is 14.0 Å². The summed E-state index contributed by atoms with van der Waals surface area (Å²) < 4.78 is 13.0. The summed E-state index contributed by atoms with van der Waals surface area (Å²) in [6.07, 6.45) is 5.41. The molecule has 3 aromatic rings. The summed E-state index contributed by atoms with van der Waals surface area (Å²) >= 11 is 0. The van der Waals surface area contributed by atoms with Crippen LogP contribution in [0.2, 0.25) is 0 Å². The van der Waals surface area contributed by atoms with Crippen LogP contribution in [-0.2, 0) is 22.6 Å². The highest BCUT2D eigenvalue weighted by Crippen LogP contribution is 2.26. The molecule has 1 heterocycles. The number of benzene rings is 2. The van der Waals surface area contributed by atoms with E-state index in [-0.39, 0.29) is 12.1 Å². The van der Waals surface area contributed by atoms with Gasteiger partial charge in [0.05, 0.1) is 32.2 Å². The van der Waals surface area contributed by atoms with Gasteiger partial charge in [0.2, 0.25) is 0 Å². The molecule has 5 nitrogen and oxygen atoms in total. The third-order valence-corrected chi connectivity index (χ3v) is 4.54. The third-order valence-electron chi connectivity index (χ3n) is 4.54. The van der Waals surface area contributed by atoms with Crippen molar-refractivity contribution >= 4 is 5.97 Å². The molecule has 1 aromatic heterocycles. The molecule has 0 spiro atoms. The maximum atomic E-state index is 11.6. The minimum absolute atomic E-state index is 0.0978. The Morgan fingerprint density at radius 3 is 2.59 bits per heavy atom. The average Bonchev–Trinajstić information content (AvgIpc) is 3.20. The normalized spacial score (nSPS) is 12.0. The van der Waals surface area contributed by atoms with Crippen LogP contribution < -0.4 is 0 Å². The van der Waals surface area contributed by atoms with Gasteiger partial charge in [-0.05, 0) is 42.7 Å². The fourth-order valence-electron chi connectivity index (χ4n) is 2.99. The van der Waals surface area contributed by atoms with Crippen molar-refractivity contribution in [1.82, 2.24) is 9.55 Å². The molecule has 0 saturated heterocycles. The molecule has 0 aliphatic rings. The standard InChI is InChI=1S/C22H24N2O3/c1-16-4-5-17(2)20(12-16)21(13-24-11-10-23-15-24)27-14-18-6-8-19(9-7-18)22(25)26-3/h4-12,15,21H,13-14H2,1-3H3. The molecular weight excluding hydrogens is 340 g/mol. The number of hydrogen-bond donors (Lipinski definition) is 0. The first kappa shape index (κ1) is 18.9. The minimum Gasteiger partial charge on any atom is -0.465 e. The maximum absolute atomic E-state index is 11.6. The smallest absolute Gasteiger partial charge is 0.337 e. The number of esters is 1. The Hall–Kier alpha value is -2.92. The van der Waals surface area contributed by atoms with Crippen LogP contribution in [0.25, 0.3) is 0 Å². The van der Waals surface area contributed by atoms with Crippen molar-refractivity contribution in [2.45, 2.75) is 33.1 Å². The molecule has 0 aliphatic carbocycles. The fraction of sp³-hybridized carbons (Fsp3) is 0.273. The predicted molar refractivity (Wildman–Crippen MR) is 103 cm³/mol. The highest BCUT2D eigenvalue weighted by atomic mass is 16.5. The largest absolute Gasteiger partial charge is 0.465 e. The molecule has 1 unspecified atom stereocenters. The van der Waals surface area contributed by atoms with Crippen molar-refractivity contribution in [3.05, 3.63) is 89.0 Å². The zero-order chi connectivity index (χ0) is 19.2. The topological polar surface area (TPSA) is 53.4 Å². The van der Waals surface area contributed by atoms with E-state index in [1.165, 1.54) is 23.8 Å². The number of hydrogen-bond acceptors (Lipinski definition) is 4. The molecule has 0 radical (unpaired) electrons. The van der Waals surface area contributed by atoms with E-state index in [0.29, 0.717) is 18.7 Å². The van der Waals surface area contributed by atoms with Gasteiger partial charge in [-0.3, -0.25) is 0 Å². The molecule has 1 atom stereocenters. The molecule has 27 heavy (non-hydrogen) atoms. The van der Waals surface area contributed by atoms with Crippen LogP contribution in [0.5, 0.6) is 0 Å². The lowest BCUT2D eigenvalue weighted by Gasteiger charge is -2.21. The van der Waals surface area contributed by atoms with Crippen LogP contribution in [-0.4, -0.2) is 22.6 Å². The van der Waals surface area contributed by atoms with Gasteiger partial charge in [-0.25, -0.2) is 9.78 Å². The van der Waals surface area contributed by atoms with Gasteiger partial charge in [0.15, 0.2) is 0 Å². The number of carbonyl (C=O) groups is 1. The second-order valence-electron chi connectivity index (χ2n) is 6.61. The zero-order valence-corrected chi connectivity index (χ0v) is 15.9. The van der Waals surface area contributed by atoms with Crippen LogP contribution in [0.1, 0.15) is 38.7 Å². The number of ether oxygens (including phenoxy) is 2. The van der Waals surface area contributed by atoms with Crippen molar-refractivity contribution < 1.29 is 14.3 Å². The molecule has 3 rings (SSSR count). The van der Waals surface area contributed by atoms with Crippen LogP contribution in [0.3, 0.4) is 0 Å². The van der Waals surface area contributed by atoms with Gasteiger partial charge in [-0.1, -0.05) is 35.9 Å². The van der Waals surface area contributed by atoms with Crippen molar-refractivity contribution in [3.63, 3.8) is 0 Å². The second kappa shape index (κ2) is 8.64. The van der Waals surface area contributed by atoms with Crippen molar-refractivity contribution in [2.75, 3.05) is 7.11 Å². The first-order chi connectivity index (χ1) is 13.1. The Morgan fingerprint density at radius 1 is 1.15 bits per heavy atom. The second-order valence-corrected chi connectivity index (χ2v) is 6.61. The summed E-state index contributed by atoms with van der Waals surface area (Å²) in [5.74, 6) is -0.337. The molecule has 2 aromatic carbocycles. The SMILES string of the molecule is COC(=O)c1ccc(COC(Cn2ccnc2)c2cc(C)ccc2C)cc1. The quantitative estimate of drug-likeness (QED) is 0.588. The van der Waals surface area contributed by atoms with E-state index in [9.17, 15) is 4.79 Å². The maximum Gasteiger partial charge on any atom is 0.337 e. The molecule has 0 saturated carbocycles. The molecule has 0 fully saturated rings. The Bertz CT molecular complexity index is 886. The van der Waals surface area contributed by atoms with E-state index in [0.717, 1.165) is 5.56 Å². The Morgan fingerprint density at radius 2 is 1.93 bits per heavy atom. The first-order valence-corrected chi connectivity index (χ1v) is 8.88. The van der Waals surface area contributed by atoms with Crippen LogP contribution >= 0.6 is 0 Å². The third kappa shape index (κ3) is 4.83. The summed E-state index contributed by atoms with van der Waals surface area (Å²) in [6, 6.07) is 13.7. The van der Waals surface area contributed by atoms with Gasteiger partial charge in [-0.2, -0.15) is 0 Å². The number of aromatic nitrogens is 2. The van der Waals surface area contributed by atoms with Crippen LogP contribution in [0.4, 0.5) is 0 Å². The van der Waals surface area contributed by atoms with E-state index >= 15 is 0 Å².